The van der Waals surface area contributed by atoms with Gasteiger partial charge in [0.15, 0.2) is 0 Å². The van der Waals surface area contributed by atoms with Gasteiger partial charge in [-0.25, -0.2) is 0 Å². The second-order valence-electron chi connectivity index (χ2n) is 1.90. The summed E-state index contributed by atoms with van der Waals surface area (Å²) in [5.41, 5.74) is 13.5. The number of hydrogen-bond acceptors (Lipinski definition) is 1. The minimum absolute atomic E-state index is 0. The molecule has 0 saturated carbocycles. The van der Waals surface area contributed by atoms with Gasteiger partial charge in [0, 0.05) is 10.5 Å². The molecule has 76 valence electrons. The number of benzene rings is 1. The Morgan fingerprint density at radius 2 is 1.60 bits per heavy atom. The molecular formula is C8H9IN3NaO2. The summed E-state index contributed by atoms with van der Waals surface area (Å²) in [6.45, 7) is 1.08. The van der Waals surface area contributed by atoms with Gasteiger partial charge in [0.25, 0.3) is 5.97 Å². The van der Waals surface area contributed by atoms with E-state index < -0.39 is 5.97 Å². The van der Waals surface area contributed by atoms with E-state index in [9.17, 15) is 0 Å². The van der Waals surface area contributed by atoms with Crippen molar-refractivity contribution in [2.24, 2.45) is 0 Å². The zero-order valence-corrected chi connectivity index (χ0v) is 12.6. The summed E-state index contributed by atoms with van der Waals surface area (Å²) in [5, 5.41) is 7.42. The zero-order valence-electron chi connectivity index (χ0n) is 8.46. The van der Waals surface area contributed by atoms with Gasteiger partial charge in [-0.15, -0.1) is 0 Å². The number of hydrogen-bond donors (Lipinski definition) is 1. The molecule has 1 aromatic rings. The summed E-state index contributed by atoms with van der Waals surface area (Å²) in [4.78, 5) is 10.5. The van der Waals surface area contributed by atoms with Crippen molar-refractivity contribution < 1.29 is 39.5 Å². The van der Waals surface area contributed by atoms with Crippen LogP contribution in [0.2, 0.25) is 0 Å². The Balaban J connectivity index is -0.000000158. The number of carboxylic acid groups (broad SMARTS) is 1. The SMILES string of the molecule is CC(=O)O.Ic1ccccc1.[N-]=[N+]=[N-].[Na+]. The van der Waals surface area contributed by atoms with Crippen LogP contribution >= 0.6 is 22.6 Å². The van der Waals surface area contributed by atoms with Crippen molar-refractivity contribution in [1.29, 1.82) is 0 Å². The number of rotatable bonds is 0. The molecule has 1 N–H and O–H groups in total. The first-order valence-electron chi connectivity index (χ1n) is 3.43. The minimum atomic E-state index is -0.833. The predicted molar refractivity (Wildman–Crippen MR) is 62.5 cm³/mol. The first kappa shape index (κ1) is 20.2. The molecule has 0 fully saturated rings. The van der Waals surface area contributed by atoms with Crippen LogP contribution in [0.25, 0.3) is 16.0 Å². The minimum Gasteiger partial charge on any atom is -0.481 e. The van der Waals surface area contributed by atoms with Gasteiger partial charge < -0.3 is 16.2 Å². The fraction of sp³-hybridized carbons (Fsp3) is 0.125. The van der Waals surface area contributed by atoms with E-state index in [1.165, 1.54) is 8.48 Å². The Bertz CT molecular complexity index is 285. The van der Waals surface area contributed by atoms with E-state index in [4.69, 9.17) is 21.0 Å². The number of nitrogens with zero attached hydrogens (tertiary/aromatic N) is 3. The first-order chi connectivity index (χ1) is 6.54. The van der Waals surface area contributed by atoms with Crippen LogP contribution in [0.4, 0.5) is 0 Å². The summed E-state index contributed by atoms with van der Waals surface area (Å²) < 4.78 is 1.29. The van der Waals surface area contributed by atoms with Crippen molar-refractivity contribution in [2.75, 3.05) is 0 Å². The Hall–Kier alpha value is -0.270. The molecule has 0 aliphatic heterocycles. The monoisotopic (exact) mass is 329 g/mol. The van der Waals surface area contributed by atoms with Crippen LogP contribution in [-0.4, -0.2) is 11.1 Å². The standard InChI is InChI=1S/C6H5I.C2H4O2.N3.Na/c7-6-4-2-1-3-5-6;1-2(3)4;1-3-2;/h1-5H;1H3,(H,3,4);;/q;;-1;+1. The van der Waals surface area contributed by atoms with Gasteiger partial charge in [0.2, 0.25) is 0 Å². The van der Waals surface area contributed by atoms with Gasteiger partial charge in [-0.3, -0.25) is 9.71 Å². The van der Waals surface area contributed by atoms with Crippen LogP contribution in [-0.2, 0) is 4.79 Å². The third-order valence-electron chi connectivity index (χ3n) is 0.733. The number of carboxylic acids is 1. The van der Waals surface area contributed by atoms with Gasteiger partial charge in [-0.05, 0) is 34.7 Å². The Labute approximate surface area is 124 Å². The normalized spacial score (nSPS) is 6.27. The molecule has 0 radical (unpaired) electrons. The van der Waals surface area contributed by atoms with E-state index in [0.29, 0.717) is 0 Å². The molecule has 0 amide bonds. The van der Waals surface area contributed by atoms with Crippen molar-refractivity contribution in [2.45, 2.75) is 6.92 Å². The van der Waals surface area contributed by atoms with Crippen molar-refractivity contribution in [1.82, 2.24) is 0 Å². The molecule has 0 bridgehead atoms. The largest absolute Gasteiger partial charge is 1.00 e. The quantitative estimate of drug-likeness (QED) is 0.243. The summed E-state index contributed by atoms with van der Waals surface area (Å²) >= 11 is 2.28. The van der Waals surface area contributed by atoms with Crippen LogP contribution in [0, 0.1) is 3.57 Å². The fourth-order valence-electron chi connectivity index (χ4n) is 0.415. The van der Waals surface area contributed by atoms with E-state index in [2.05, 4.69) is 34.7 Å². The first-order valence-corrected chi connectivity index (χ1v) is 4.51. The molecule has 0 aliphatic rings. The van der Waals surface area contributed by atoms with E-state index in [1.807, 2.05) is 18.2 Å². The number of halogens is 1. The third-order valence-corrected chi connectivity index (χ3v) is 1.45. The average molecular weight is 329 g/mol. The summed E-state index contributed by atoms with van der Waals surface area (Å²) in [7, 11) is 0. The van der Waals surface area contributed by atoms with Gasteiger partial charge in [-0.1, -0.05) is 18.2 Å². The van der Waals surface area contributed by atoms with Crippen LogP contribution in [0.15, 0.2) is 30.3 Å². The van der Waals surface area contributed by atoms with Crippen molar-refractivity contribution >= 4 is 28.6 Å². The molecule has 15 heavy (non-hydrogen) atoms. The molecule has 0 aliphatic carbocycles. The topological polar surface area (TPSA) is 96.0 Å². The third kappa shape index (κ3) is 31.6. The molecule has 0 spiro atoms. The number of aliphatic carboxylic acids is 1. The zero-order chi connectivity index (χ0) is 11.4. The maximum absolute atomic E-state index is 9.00. The summed E-state index contributed by atoms with van der Waals surface area (Å²) in [5.74, 6) is -0.833. The Morgan fingerprint density at radius 1 is 1.33 bits per heavy atom. The molecule has 5 nitrogen and oxygen atoms in total. The van der Waals surface area contributed by atoms with E-state index in [-0.39, 0.29) is 29.6 Å². The summed E-state index contributed by atoms with van der Waals surface area (Å²) in [6.07, 6.45) is 0. The second kappa shape index (κ2) is 16.2. The molecule has 0 atom stereocenters. The predicted octanol–water partition coefficient (Wildman–Crippen LogP) is 0.252. The number of carbonyl (C=O) groups is 1. The van der Waals surface area contributed by atoms with Crippen molar-refractivity contribution in [3.63, 3.8) is 0 Å². The molecule has 0 saturated heterocycles. The second-order valence-corrected chi connectivity index (χ2v) is 3.15. The summed E-state index contributed by atoms with van der Waals surface area (Å²) in [6, 6.07) is 10.2. The van der Waals surface area contributed by atoms with Gasteiger partial charge >= 0.3 is 29.6 Å². The Kier molecular flexibility index (Phi) is 21.8. The molecule has 0 unspecified atom stereocenters. The van der Waals surface area contributed by atoms with E-state index in [0.717, 1.165) is 6.92 Å². The maximum atomic E-state index is 9.00. The molecule has 7 heteroatoms. The van der Waals surface area contributed by atoms with E-state index >= 15 is 0 Å². The van der Waals surface area contributed by atoms with Crippen molar-refractivity contribution in [3.05, 3.63) is 49.9 Å². The maximum Gasteiger partial charge on any atom is 1.00 e. The van der Waals surface area contributed by atoms with Gasteiger partial charge in [-0.2, -0.15) is 0 Å². The molecule has 1 rings (SSSR count). The fourth-order valence-corrected chi connectivity index (χ4v) is 0.830. The molecule has 0 aromatic heterocycles. The van der Waals surface area contributed by atoms with Gasteiger partial charge in [0.05, 0.1) is 0 Å². The van der Waals surface area contributed by atoms with Crippen LogP contribution < -0.4 is 29.6 Å². The van der Waals surface area contributed by atoms with Gasteiger partial charge in [0.1, 0.15) is 0 Å². The van der Waals surface area contributed by atoms with Crippen molar-refractivity contribution in [3.8, 4) is 0 Å². The molecular weight excluding hydrogens is 320 g/mol. The molecule has 1 aromatic carbocycles. The molecule has 0 heterocycles. The van der Waals surface area contributed by atoms with E-state index in [1.54, 1.807) is 0 Å². The smallest absolute Gasteiger partial charge is 0.481 e. The Morgan fingerprint density at radius 3 is 1.73 bits per heavy atom. The average Bonchev–Trinajstić information content (AvgIpc) is 2.05. The van der Waals surface area contributed by atoms with Crippen LogP contribution in [0.1, 0.15) is 6.92 Å². The van der Waals surface area contributed by atoms with Crippen LogP contribution in [0.5, 0.6) is 0 Å². The van der Waals surface area contributed by atoms with Crippen LogP contribution in [0.3, 0.4) is 0 Å².